The molecule has 2 aliphatic rings. The van der Waals surface area contributed by atoms with Gasteiger partial charge in [0.25, 0.3) is 0 Å². The van der Waals surface area contributed by atoms with Crippen LogP contribution in [-0.4, -0.2) is 0 Å². The van der Waals surface area contributed by atoms with Crippen molar-refractivity contribution in [3.63, 3.8) is 0 Å². The Hall–Kier alpha value is -1.56. The van der Waals surface area contributed by atoms with Gasteiger partial charge in [-0.2, -0.15) is 0 Å². The molecule has 2 rings (SSSR count). The first-order valence-corrected chi connectivity index (χ1v) is 10.7. The van der Waals surface area contributed by atoms with Gasteiger partial charge in [-0.1, -0.05) is 120 Å². The van der Waals surface area contributed by atoms with E-state index in [1.807, 2.05) is 0 Å². The number of allylic oxidation sites excluding steroid dienone is 12. The molecule has 0 fully saturated rings. The third kappa shape index (κ3) is 5.07. The van der Waals surface area contributed by atoms with Gasteiger partial charge in [0.05, 0.1) is 0 Å². The maximum Gasteiger partial charge on any atom is -0.0126 e. The van der Waals surface area contributed by atoms with Gasteiger partial charge in [-0.3, -0.25) is 0 Å². The van der Waals surface area contributed by atoms with E-state index >= 15 is 0 Å². The molecule has 0 aromatic heterocycles. The van der Waals surface area contributed by atoms with Gasteiger partial charge in [0.2, 0.25) is 0 Å². The largest absolute Gasteiger partial charge is 0.0561 e. The fourth-order valence-electron chi connectivity index (χ4n) is 3.67. The summed E-state index contributed by atoms with van der Waals surface area (Å²) in [4.78, 5) is 0. The first-order valence-electron chi connectivity index (χ1n) is 10.7. The van der Waals surface area contributed by atoms with Gasteiger partial charge in [0.15, 0.2) is 0 Å². The highest BCUT2D eigenvalue weighted by molar-refractivity contribution is 5.61. The van der Waals surface area contributed by atoms with Gasteiger partial charge >= 0.3 is 0 Å². The van der Waals surface area contributed by atoms with Crippen LogP contribution >= 0.6 is 0 Å². The summed E-state index contributed by atoms with van der Waals surface area (Å²) in [5, 5.41) is 0. The quantitative estimate of drug-likeness (QED) is 0.428. The number of hydrogen-bond donors (Lipinski definition) is 0. The van der Waals surface area contributed by atoms with Crippen LogP contribution in [0.3, 0.4) is 0 Å². The summed E-state index contributed by atoms with van der Waals surface area (Å²) in [7, 11) is 0. The van der Waals surface area contributed by atoms with Crippen molar-refractivity contribution in [3.8, 4) is 0 Å². The van der Waals surface area contributed by atoms with E-state index in [1.54, 1.807) is 0 Å². The van der Waals surface area contributed by atoms with Crippen molar-refractivity contribution in [1.82, 2.24) is 0 Å². The Balaban J connectivity index is 2.55. The molecule has 0 unspecified atom stereocenters. The van der Waals surface area contributed by atoms with Crippen LogP contribution in [0.25, 0.3) is 0 Å². The molecule has 154 valence electrons. The molecule has 0 saturated carbocycles. The molecule has 0 bridgehead atoms. The topological polar surface area (TPSA) is 0 Å². The van der Waals surface area contributed by atoms with Crippen LogP contribution in [-0.2, 0) is 0 Å². The summed E-state index contributed by atoms with van der Waals surface area (Å²) in [6.07, 6.45) is 14.3. The highest BCUT2D eigenvalue weighted by atomic mass is 14.3. The third-order valence-electron chi connectivity index (χ3n) is 5.63. The minimum absolute atomic E-state index is 0.138. The smallest absolute Gasteiger partial charge is 0.0126 e. The molecule has 0 N–H and O–H groups in total. The van der Waals surface area contributed by atoms with Crippen LogP contribution in [0.5, 0.6) is 0 Å². The lowest BCUT2D eigenvalue weighted by Gasteiger charge is -2.23. The zero-order valence-electron chi connectivity index (χ0n) is 20.5. The van der Waals surface area contributed by atoms with E-state index in [4.69, 9.17) is 0 Å². The Bertz CT molecular complexity index is 742. The van der Waals surface area contributed by atoms with Crippen LogP contribution in [0.4, 0.5) is 0 Å². The van der Waals surface area contributed by atoms with E-state index < -0.39 is 0 Å². The zero-order valence-corrected chi connectivity index (χ0v) is 20.5. The lowest BCUT2D eigenvalue weighted by Crippen LogP contribution is -2.10. The second-order valence-corrected chi connectivity index (χ2v) is 12.6. The lowest BCUT2D eigenvalue weighted by molar-refractivity contribution is 0.504. The molecule has 28 heavy (non-hydrogen) atoms. The minimum Gasteiger partial charge on any atom is -0.0561 e. The van der Waals surface area contributed by atoms with Crippen molar-refractivity contribution in [2.75, 3.05) is 0 Å². The molecule has 0 aromatic rings. The van der Waals surface area contributed by atoms with Crippen molar-refractivity contribution in [2.45, 2.75) is 83.1 Å². The monoisotopic (exact) mass is 378 g/mol. The maximum atomic E-state index is 2.41. The SMILES string of the molecule is CC(C)(C)C1=C/C(=C/C=C2\C=C(C(C)(C)C)C=C2C(C)(C)C)C(C(C)(C)C)=C1. The average molecular weight is 379 g/mol. The summed E-state index contributed by atoms with van der Waals surface area (Å²) in [5.41, 5.74) is 9.05. The van der Waals surface area contributed by atoms with Gasteiger partial charge < -0.3 is 0 Å². The molecule has 0 nitrogen and oxygen atoms in total. The summed E-state index contributed by atoms with van der Waals surface area (Å²) in [5.74, 6) is 0. The predicted molar refractivity (Wildman–Crippen MR) is 126 cm³/mol. The molecule has 0 saturated heterocycles. The van der Waals surface area contributed by atoms with E-state index in [2.05, 4.69) is 120 Å². The lowest BCUT2D eigenvalue weighted by atomic mass is 9.81. The van der Waals surface area contributed by atoms with Crippen LogP contribution < -0.4 is 0 Å². The van der Waals surface area contributed by atoms with Gasteiger partial charge in [-0.05, 0) is 55.1 Å². The molecular weight excluding hydrogens is 336 g/mol. The summed E-state index contributed by atoms with van der Waals surface area (Å²) >= 11 is 0. The van der Waals surface area contributed by atoms with Gasteiger partial charge in [-0.25, -0.2) is 0 Å². The first kappa shape index (κ1) is 22.7. The van der Waals surface area contributed by atoms with E-state index in [0.29, 0.717) is 0 Å². The van der Waals surface area contributed by atoms with Gasteiger partial charge in [-0.15, -0.1) is 0 Å². The van der Waals surface area contributed by atoms with Crippen molar-refractivity contribution < 1.29 is 0 Å². The van der Waals surface area contributed by atoms with Crippen molar-refractivity contribution in [3.05, 3.63) is 69.9 Å². The van der Waals surface area contributed by atoms with E-state index in [0.717, 1.165) is 0 Å². The van der Waals surface area contributed by atoms with Crippen LogP contribution in [0, 0.1) is 21.7 Å². The average Bonchev–Trinajstić information content (AvgIpc) is 3.07. The van der Waals surface area contributed by atoms with Gasteiger partial charge in [0, 0.05) is 0 Å². The van der Waals surface area contributed by atoms with Crippen molar-refractivity contribution >= 4 is 0 Å². The Labute approximate surface area is 174 Å². The van der Waals surface area contributed by atoms with Crippen molar-refractivity contribution in [1.29, 1.82) is 0 Å². The maximum absolute atomic E-state index is 2.41. The van der Waals surface area contributed by atoms with Crippen LogP contribution in [0.1, 0.15) is 83.1 Å². The van der Waals surface area contributed by atoms with Crippen LogP contribution in [0.2, 0.25) is 0 Å². The second-order valence-electron chi connectivity index (χ2n) is 12.6. The Morgan fingerprint density at radius 1 is 0.429 bits per heavy atom. The summed E-state index contributed by atoms with van der Waals surface area (Å²) in [6.45, 7) is 27.7. The molecule has 0 aliphatic heterocycles. The fourth-order valence-corrected chi connectivity index (χ4v) is 3.67. The molecule has 0 spiro atoms. The second kappa shape index (κ2) is 7.05. The van der Waals surface area contributed by atoms with E-state index in [-0.39, 0.29) is 21.7 Å². The predicted octanol–water partition coefficient (Wildman–Crippen LogP) is 8.76. The fraction of sp³-hybridized carbons (Fsp3) is 0.571. The summed E-state index contributed by atoms with van der Waals surface area (Å²) < 4.78 is 0. The molecule has 0 aromatic carbocycles. The van der Waals surface area contributed by atoms with Crippen molar-refractivity contribution in [2.24, 2.45) is 21.7 Å². The normalized spacial score (nSPS) is 21.9. The Kier molecular flexibility index (Phi) is 5.72. The molecule has 2 aliphatic carbocycles. The van der Waals surface area contributed by atoms with E-state index in [1.165, 1.54) is 33.4 Å². The number of hydrogen-bond acceptors (Lipinski definition) is 0. The minimum atomic E-state index is 0.138. The first-order chi connectivity index (χ1) is 12.4. The zero-order chi connectivity index (χ0) is 21.7. The van der Waals surface area contributed by atoms with Crippen LogP contribution in [0.15, 0.2) is 69.9 Å². The van der Waals surface area contributed by atoms with E-state index in [9.17, 15) is 0 Å². The Morgan fingerprint density at radius 2 is 0.714 bits per heavy atom. The molecule has 0 radical (unpaired) electrons. The Morgan fingerprint density at radius 3 is 0.929 bits per heavy atom. The molecule has 0 amide bonds. The molecule has 0 atom stereocenters. The summed E-state index contributed by atoms with van der Waals surface area (Å²) in [6, 6.07) is 0. The molecule has 0 heteroatoms. The highest BCUT2D eigenvalue weighted by Gasteiger charge is 2.30. The number of rotatable bonds is 1. The standard InChI is InChI=1S/C28H42/c1-25(2,3)21-15-19(23(17-21)27(7,8)9)13-14-20-16-22(26(4,5)6)18-24(20)28(10,11)12/h13-18H,1-12H3/b19-13-,20-14+. The van der Waals surface area contributed by atoms with Gasteiger partial charge in [0.1, 0.15) is 0 Å². The highest BCUT2D eigenvalue weighted by Crippen LogP contribution is 2.44. The molecule has 0 heterocycles. The third-order valence-corrected chi connectivity index (χ3v) is 5.63. The molecular formula is C28H42.